The SMILES string of the molecule is O=C(CNCCCCO)N1CCC(Nc2ncc(Cl)c(-c3c[nH]c4ccccc34)n2)CC1. The number of piperidine rings is 1. The van der Waals surface area contributed by atoms with Crippen LogP contribution in [-0.2, 0) is 4.79 Å². The maximum Gasteiger partial charge on any atom is 0.236 e. The number of aromatic amines is 1. The number of halogens is 1. The van der Waals surface area contributed by atoms with Crippen molar-refractivity contribution in [3.8, 4) is 11.3 Å². The van der Waals surface area contributed by atoms with E-state index >= 15 is 0 Å². The number of carbonyl (C=O) groups is 1. The fourth-order valence-corrected chi connectivity index (χ4v) is 4.21. The Morgan fingerprint density at radius 1 is 1.25 bits per heavy atom. The molecule has 4 rings (SSSR count). The van der Waals surface area contributed by atoms with Gasteiger partial charge in [-0.2, -0.15) is 0 Å². The third kappa shape index (κ3) is 5.38. The zero-order valence-electron chi connectivity index (χ0n) is 18.0. The normalized spacial score (nSPS) is 14.8. The quantitative estimate of drug-likeness (QED) is 0.369. The fourth-order valence-electron chi connectivity index (χ4n) is 4.02. The summed E-state index contributed by atoms with van der Waals surface area (Å²) in [6.45, 7) is 2.70. The number of nitrogens with zero attached hydrogens (tertiary/aromatic N) is 3. The molecule has 0 unspecified atom stereocenters. The van der Waals surface area contributed by atoms with Crippen molar-refractivity contribution in [2.75, 3.05) is 38.1 Å². The van der Waals surface area contributed by atoms with E-state index in [1.165, 1.54) is 0 Å². The van der Waals surface area contributed by atoms with E-state index in [9.17, 15) is 4.79 Å². The molecule has 4 N–H and O–H groups in total. The average Bonchev–Trinajstić information content (AvgIpc) is 3.24. The number of anilines is 1. The third-order valence-electron chi connectivity index (χ3n) is 5.81. The number of hydrogen-bond donors (Lipinski definition) is 4. The van der Waals surface area contributed by atoms with Crippen molar-refractivity contribution in [3.63, 3.8) is 0 Å². The highest BCUT2D eigenvalue weighted by Gasteiger charge is 2.23. The minimum absolute atomic E-state index is 0.122. The lowest BCUT2D eigenvalue weighted by Crippen LogP contribution is -2.45. The number of amides is 1. The second-order valence-electron chi connectivity index (χ2n) is 8.04. The zero-order valence-corrected chi connectivity index (χ0v) is 18.7. The van der Waals surface area contributed by atoms with E-state index in [1.807, 2.05) is 35.4 Å². The Labute approximate surface area is 192 Å². The molecular formula is C23H29ClN6O2. The maximum absolute atomic E-state index is 12.4. The second-order valence-corrected chi connectivity index (χ2v) is 8.45. The summed E-state index contributed by atoms with van der Waals surface area (Å²) in [4.78, 5) is 26.6. The van der Waals surface area contributed by atoms with Crippen LogP contribution in [0.4, 0.5) is 5.95 Å². The molecule has 1 aromatic carbocycles. The smallest absolute Gasteiger partial charge is 0.236 e. The van der Waals surface area contributed by atoms with Crippen molar-refractivity contribution < 1.29 is 9.90 Å². The van der Waals surface area contributed by atoms with E-state index in [2.05, 4.69) is 20.6 Å². The van der Waals surface area contributed by atoms with Crippen molar-refractivity contribution in [2.45, 2.75) is 31.7 Å². The Kier molecular flexibility index (Phi) is 7.57. The highest BCUT2D eigenvalue weighted by Crippen LogP contribution is 2.32. The number of H-pyrrole nitrogens is 1. The van der Waals surface area contributed by atoms with Gasteiger partial charge in [0.1, 0.15) is 0 Å². The van der Waals surface area contributed by atoms with Crippen molar-refractivity contribution in [1.82, 2.24) is 25.2 Å². The number of fused-ring (bicyclic) bond motifs is 1. The topological polar surface area (TPSA) is 106 Å². The standard InChI is InChI=1S/C23H29ClN6O2/c24-19-14-27-23(29-22(19)18-13-26-20-6-2-1-5-17(18)20)28-16-7-10-30(11-8-16)21(32)15-25-9-3-4-12-31/h1-2,5-6,13-14,16,25-26,31H,3-4,7-12,15H2,(H,27,28,29). The van der Waals surface area contributed by atoms with Gasteiger partial charge < -0.3 is 25.6 Å². The summed E-state index contributed by atoms with van der Waals surface area (Å²) in [6.07, 6.45) is 6.86. The number of para-hydroxylation sites is 1. The van der Waals surface area contributed by atoms with Crippen LogP contribution in [0.3, 0.4) is 0 Å². The second kappa shape index (κ2) is 10.8. The predicted molar refractivity (Wildman–Crippen MR) is 127 cm³/mol. The van der Waals surface area contributed by atoms with E-state index in [0.29, 0.717) is 36.3 Å². The average molecular weight is 457 g/mol. The van der Waals surface area contributed by atoms with Crippen molar-refractivity contribution >= 4 is 34.4 Å². The van der Waals surface area contributed by atoms with Gasteiger partial charge in [-0.25, -0.2) is 9.97 Å². The van der Waals surface area contributed by atoms with Gasteiger partial charge in [0.15, 0.2) is 0 Å². The molecular weight excluding hydrogens is 428 g/mol. The lowest BCUT2D eigenvalue weighted by molar-refractivity contribution is -0.131. The monoisotopic (exact) mass is 456 g/mol. The first-order chi connectivity index (χ1) is 15.7. The summed E-state index contributed by atoms with van der Waals surface area (Å²) in [5.74, 6) is 0.668. The van der Waals surface area contributed by atoms with Gasteiger partial charge in [0.05, 0.1) is 23.5 Å². The van der Waals surface area contributed by atoms with Crippen molar-refractivity contribution in [1.29, 1.82) is 0 Å². The van der Waals surface area contributed by atoms with Crippen LogP contribution in [0.1, 0.15) is 25.7 Å². The van der Waals surface area contributed by atoms with E-state index in [0.717, 1.165) is 48.7 Å². The van der Waals surface area contributed by atoms with Crippen LogP contribution in [0.2, 0.25) is 5.02 Å². The number of unbranched alkanes of at least 4 members (excludes halogenated alkanes) is 1. The number of benzene rings is 1. The van der Waals surface area contributed by atoms with E-state index in [4.69, 9.17) is 21.7 Å². The van der Waals surface area contributed by atoms with Gasteiger partial charge in [0, 0.05) is 48.4 Å². The zero-order chi connectivity index (χ0) is 22.3. The van der Waals surface area contributed by atoms with Crippen molar-refractivity contribution in [2.24, 2.45) is 0 Å². The minimum atomic E-state index is 0.122. The summed E-state index contributed by atoms with van der Waals surface area (Å²) < 4.78 is 0. The summed E-state index contributed by atoms with van der Waals surface area (Å²) in [5.41, 5.74) is 2.68. The third-order valence-corrected chi connectivity index (χ3v) is 6.08. The van der Waals surface area contributed by atoms with Crippen LogP contribution in [0.25, 0.3) is 22.2 Å². The highest BCUT2D eigenvalue weighted by molar-refractivity contribution is 6.33. The summed E-state index contributed by atoms with van der Waals surface area (Å²) >= 11 is 6.43. The summed E-state index contributed by atoms with van der Waals surface area (Å²) in [7, 11) is 0. The minimum Gasteiger partial charge on any atom is -0.396 e. The van der Waals surface area contributed by atoms with Gasteiger partial charge in [0.2, 0.25) is 11.9 Å². The van der Waals surface area contributed by atoms with Gasteiger partial charge in [-0.05, 0) is 38.3 Å². The lowest BCUT2D eigenvalue weighted by atomic mass is 10.1. The van der Waals surface area contributed by atoms with Gasteiger partial charge in [-0.15, -0.1) is 0 Å². The van der Waals surface area contributed by atoms with Crippen LogP contribution in [-0.4, -0.2) is 69.7 Å². The summed E-state index contributed by atoms with van der Waals surface area (Å²) in [6, 6.07) is 8.25. The number of nitrogens with one attached hydrogen (secondary N) is 3. The molecule has 0 aliphatic carbocycles. The molecule has 0 spiro atoms. The van der Waals surface area contributed by atoms with E-state index in [1.54, 1.807) is 6.20 Å². The molecule has 0 radical (unpaired) electrons. The van der Waals surface area contributed by atoms with Gasteiger partial charge in [0.25, 0.3) is 0 Å². The molecule has 1 aliphatic rings. The first-order valence-electron chi connectivity index (χ1n) is 11.1. The Balaban J connectivity index is 1.33. The van der Waals surface area contributed by atoms with Gasteiger partial charge in [-0.1, -0.05) is 29.8 Å². The largest absolute Gasteiger partial charge is 0.396 e. The molecule has 0 bridgehead atoms. The fraction of sp³-hybridized carbons (Fsp3) is 0.435. The molecule has 3 aromatic rings. The van der Waals surface area contributed by atoms with Crippen LogP contribution in [0, 0.1) is 0 Å². The van der Waals surface area contributed by atoms with E-state index in [-0.39, 0.29) is 18.6 Å². The molecule has 170 valence electrons. The highest BCUT2D eigenvalue weighted by atomic mass is 35.5. The molecule has 32 heavy (non-hydrogen) atoms. The van der Waals surface area contributed by atoms with Gasteiger partial charge in [-0.3, -0.25) is 4.79 Å². The Bertz CT molecular complexity index is 1050. The Hall–Kier alpha value is -2.68. The maximum atomic E-state index is 12.4. The van der Waals surface area contributed by atoms with Crippen LogP contribution >= 0.6 is 11.6 Å². The number of aliphatic hydroxyl groups is 1. The lowest BCUT2D eigenvalue weighted by Gasteiger charge is -2.32. The number of carbonyl (C=O) groups excluding carboxylic acids is 1. The Morgan fingerprint density at radius 2 is 2.06 bits per heavy atom. The molecule has 1 amide bonds. The summed E-state index contributed by atoms with van der Waals surface area (Å²) in [5, 5.41) is 16.9. The molecule has 1 saturated heterocycles. The predicted octanol–water partition coefficient (Wildman–Crippen LogP) is 3.04. The molecule has 3 heterocycles. The first-order valence-corrected chi connectivity index (χ1v) is 11.5. The molecule has 0 saturated carbocycles. The van der Waals surface area contributed by atoms with Crippen LogP contribution in [0.15, 0.2) is 36.7 Å². The van der Waals surface area contributed by atoms with Crippen molar-refractivity contribution in [3.05, 3.63) is 41.7 Å². The Morgan fingerprint density at radius 3 is 2.88 bits per heavy atom. The first kappa shape index (κ1) is 22.5. The molecule has 2 aromatic heterocycles. The number of rotatable bonds is 9. The molecule has 1 fully saturated rings. The van der Waals surface area contributed by atoms with Gasteiger partial charge >= 0.3 is 0 Å². The van der Waals surface area contributed by atoms with E-state index < -0.39 is 0 Å². The number of likely N-dealkylation sites (tertiary alicyclic amines) is 1. The molecule has 0 atom stereocenters. The number of aromatic nitrogens is 3. The number of hydrogen-bond acceptors (Lipinski definition) is 6. The number of aliphatic hydroxyl groups excluding tert-OH is 1. The molecule has 1 aliphatic heterocycles. The van der Waals surface area contributed by atoms with Crippen LogP contribution in [0.5, 0.6) is 0 Å². The molecule has 8 nitrogen and oxygen atoms in total. The molecule has 9 heteroatoms. The van der Waals surface area contributed by atoms with Crippen LogP contribution < -0.4 is 10.6 Å².